The third-order valence-electron chi connectivity index (χ3n) is 6.25. The fourth-order valence-electron chi connectivity index (χ4n) is 4.44. The summed E-state index contributed by atoms with van der Waals surface area (Å²) in [5.41, 5.74) is 7.54. The number of benzene rings is 1. The third-order valence-corrected chi connectivity index (χ3v) is 6.25. The van der Waals surface area contributed by atoms with Crippen LogP contribution in [0.25, 0.3) is 11.4 Å². The van der Waals surface area contributed by atoms with E-state index in [0.29, 0.717) is 28.9 Å². The van der Waals surface area contributed by atoms with Gasteiger partial charge in [0.1, 0.15) is 23.3 Å². The average Bonchev–Trinajstić information content (AvgIpc) is 3.41. The summed E-state index contributed by atoms with van der Waals surface area (Å²) < 4.78 is 35.3. The summed E-state index contributed by atoms with van der Waals surface area (Å²) in [6, 6.07) is 6.77. The van der Waals surface area contributed by atoms with Crippen molar-refractivity contribution >= 4 is 18.2 Å². The number of likely N-dealkylation sites (tertiary alicyclic amines) is 1. The zero-order valence-corrected chi connectivity index (χ0v) is 19.6. The van der Waals surface area contributed by atoms with E-state index in [2.05, 4.69) is 15.2 Å². The van der Waals surface area contributed by atoms with Gasteiger partial charge in [0.05, 0.1) is 31.0 Å². The molecule has 4 heterocycles. The lowest BCUT2D eigenvalue weighted by Gasteiger charge is -2.41. The van der Waals surface area contributed by atoms with Gasteiger partial charge in [-0.25, -0.2) is 18.6 Å². The normalized spacial score (nSPS) is 17.4. The number of nitrogens with two attached hydrogens (primary N) is 1. The first-order valence-corrected chi connectivity index (χ1v) is 11.2. The molecule has 0 radical (unpaired) electrons. The number of urea groups is 1. The predicted octanol–water partition coefficient (Wildman–Crippen LogP) is 2.78. The van der Waals surface area contributed by atoms with E-state index >= 15 is 0 Å². The van der Waals surface area contributed by atoms with Crippen molar-refractivity contribution in [3.63, 3.8) is 0 Å². The van der Waals surface area contributed by atoms with E-state index in [1.807, 2.05) is 0 Å². The number of halogens is 2. The monoisotopic (exact) mass is 495 g/mol. The number of carbonyl (C=O) groups is 2. The molecule has 1 atom stereocenters. The van der Waals surface area contributed by atoms with Crippen molar-refractivity contribution in [3.8, 4) is 17.1 Å². The summed E-state index contributed by atoms with van der Waals surface area (Å²) in [4.78, 5) is 30.3. The molecule has 36 heavy (non-hydrogen) atoms. The van der Waals surface area contributed by atoms with E-state index in [4.69, 9.17) is 10.5 Å². The molecule has 1 fully saturated rings. The van der Waals surface area contributed by atoms with E-state index < -0.39 is 17.8 Å². The molecule has 3 amide bonds. The Balaban J connectivity index is 1.26. The van der Waals surface area contributed by atoms with Crippen LogP contribution in [0.3, 0.4) is 0 Å². The molecule has 2 N–H and O–H groups in total. The lowest BCUT2D eigenvalue weighted by molar-refractivity contribution is 0.0257. The molecule has 0 saturated carbocycles. The van der Waals surface area contributed by atoms with Crippen LogP contribution < -0.4 is 10.5 Å². The van der Waals surface area contributed by atoms with Gasteiger partial charge < -0.3 is 15.4 Å². The van der Waals surface area contributed by atoms with Crippen LogP contribution in [0.4, 0.5) is 13.6 Å². The van der Waals surface area contributed by atoms with Crippen molar-refractivity contribution in [2.75, 3.05) is 13.1 Å². The molecule has 1 aromatic carbocycles. The van der Waals surface area contributed by atoms with Gasteiger partial charge in [0.2, 0.25) is 0 Å². The number of amides is 3. The second kappa shape index (κ2) is 9.02. The summed E-state index contributed by atoms with van der Waals surface area (Å²) in [6.45, 7) is 2.14. The smallest absolute Gasteiger partial charge is 0.341 e. The van der Waals surface area contributed by atoms with Crippen LogP contribution in [0.1, 0.15) is 34.1 Å². The minimum Gasteiger partial charge on any atom is -0.483 e. The summed E-state index contributed by atoms with van der Waals surface area (Å²) >= 11 is 0. The largest absolute Gasteiger partial charge is 0.483 e. The number of primary amides is 1. The number of hydrogen-bond donors (Lipinski definition) is 1. The number of nitrogens with zero attached hydrogens (tertiary/aromatic N) is 6. The Morgan fingerprint density at radius 1 is 1.19 bits per heavy atom. The molecule has 2 aliphatic rings. The number of pyridine rings is 1. The molecule has 0 aliphatic carbocycles. The van der Waals surface area contributed by atoms with E-state index in [1.54, 1.807) is 32.3 Å². The highest BCUT2D eigenvalue weighted by Gasteiger charge is 2.39. The highest BCUT2D eigenvalue weighted by Crippen LogP contribution is 2.32. The van der Waals surface area contributed by atoms with E-state index in [1.165, 1.54) is 32.8 Å². The first kappa shape index (κ1) is 23.4. The van der Waals surface area contributed by atoms with Gasteiger partial charge in [0, 0.05) is 31.3 Å². The Bertz CT molecular complexity index is 1380. The van der Waals surface area contributed by atoms with Crippen LogP contribution >= 0.6 is 0 Å². The van der Waals surface area contributed by atoms with Crippen molar-refractivity contribution in [3.05, 3.63) is 65.0 Å². The highest BCUT2D eigenvalue weighted by atomic mass is 19.1. The lowest BCUT2D eigenvalue weighted by Crippen LogP contribution is -2.58. The van der Waals surface area contributed by atoms with E-state index in [0.717, 1.165) is 6.20 Å². The first-order chi connectivity index (χ1) is 17.2. The summed E-state index contributed by atoms with van der Waals surface area (Å²) in [7, 11) is 1.58. The number of aryl methyl sites for hydroxylation is 1. The van der Waals surface area contributed by atoms with Gasteiger partial charge in [-0.2, -0.15) is 10.2 Å². The Morgan fingerprint density at radius 2 is 1.97 bits per heavy atom. The standard InChI is InChI=1S/C24H23F2N7O3/c1-13-21(30-31(2)22(13)23(27)34)18-9-20(17(26)10-28-18)36-16-11-32(12-16)24(35)33-19(6-7-29-33)14-4-3-5-15(25)8-14/h3-5,7-10,16,19H,6,11-12H2,1-2H3,(H2,27,34). The van der Waals surface area contributed by atoms with Gasteiger partial charge in [-0.3, -0.25) is 14.5 Å². The first-order valence-electron chi connectivity index (χ1n) is 11.2. The minimum absolute atomic E-state index is 0.0420. The van der Waals surface area contributed by atoms with Crippen molar-refractivity contribution in [1.82, 2.24) is 24.7 Å². The van der Waals surface area contributed by atoms with Crippen molar-refractivity contribution in [1.29, 1.82) is 0 Å². The summed E-state index contributed by atoms with van der Waals surface area (Å²) in [5.74, 6) is -1.72. The van der Waals surface area contributed by atoms with Crippen LogP contribution in [0, 0.1) is 18.6 Å². The molecule has 1 saturated heterocycles. The molecule has 1 unspecified atom stereocenters. The van der Waals surface area contributed by atoms with E-state index in [-0.39, 0.29) is 42.4 Å². The molecule has 0 spiro atoms. The second-order valence-electron chi connectivity index (χ2n) is 8.69. The average molecular weight is 495 g/mol. The molecule has 12 heteroatoms. The predicted molar refractivity (Wildman–Crippen MR) is 125 cm³/mol. The van der Waals surface area contributed by atoms with Crippen molar-refractivity contribution < 1.29 is 23.1 Å². The van der Waals surface area contributed by atoms with E-state index in [9.17, 15) is 18.4 Å². The topological polar surface area (TPSA) is 119 Å². The molecule has 10 nitrogen and oxygen atoms in total. The molecule has 186 valence electrons. The molecule has 0 bridgehead atoms. The maximum Gasteiger partial charge on any atom is 0.341 e. The lowest BCUT2D eigenvalue weighted by atomic mass is 10.0. The number of hydrogen-bond acceptors (Lipinski definition) is 6. The molecular weight excluding hydrogens is 472 g/mol. The minimum atomic E-state index is -0.664. The van der Waals surface area contributed by atoms with Gasteiger partial charge in [-0.05, 0) is 24.6 Å². The quantitative estimate of drug-likeness (QED) is 0.584. The Morgan fingerprint density at radius 3 is 2.67 bits per heavy atom. The molecule has 5 rings (SSSR count). The van der Waals surface area contributed by atoms with Gasteiger partial charge >= 0.3 is 6.03 Å². The van der Waals surface area contributed by atoms with Crippen molar-refractivity contribution in [2.24, 2.45) is 17.9 Å². The van der Waals surface area contributed by atoms with Crippen LogP contribution in [0.15, 0.2) is 41.6 Å². The van der Waals surface area contributed by atoms with Crippen LogP contribution in [0.5, 0.6) is 5.75 Å². The van der Waals surface area contributed by atoms with Gasteiger partial charge in [-0.1, -0.05) is 12.1 Å². The number of rotatable bonds is 5. The van der Waals surface area contributed by atoms with Gasteiger partial charge in [-0.15, -0.1) is 0 Å². The fraction of sp³-hybridized carbons (Fsp3) is 0.292. The fourth-order valence-corrected chi connectivity index (χ4v) is 4.44. The maximum absolute atomic E-state index is 14.5. The van der Waals surface area contributed by atoms with Crippen molar-refractivity contribution in [2.45, 2.75) is 25.5 Å². The summed E-state index contributed by atoms with van der Waals surface area (Å²) in [6.07, 6.45) is 2.69. The van der Waals surface area contributed by atoms with Crippen LogP contribution in [0.2, 0.25) is 0 Å². The maximum atomic E-state index is 14.5. The van der Waals surface area contributed by atoms with Gasteiger partial charge in [0.25, 0.3) is 5.91 Å². The second-order valence-corrected chi connectivity index (χ2v) is 8.69. The Kier molecular flexibility index (Phi) is 5.86. The number of hydrazone groups is 1. The van der Waals surface area contributed by atoms with Crippen LogP contribution in [-0.4, -0.2) is 62.0 Å². The molecule has 3 aromatic rings. The number of aromatic nitrogens is 3. The Labute approximate surface area is 205 Å². The number of carbonyl (C=O) groups excluding carboxylic acids is 2. The van der Waals surface area contributed by atoms with Crippen LogP contribution in [-0.2, 0) is 7.05 Å². The zero-order valence-electron chi connectivity index (χ0n) is 19.6. The molecule has 2 aromatic heterocycles. The Hall–Kier alpha value is -4.35. The zero-order chi connectivity index (χ0) is 25.6. The molecule has 2 aliphatic heterocycles. The third kappa shape index (κ3) is 4.14. The summed E-state index contributed by atoms with van der Waals surface area (Å²) in [5, 5.41) is 9.78. The van der Waals surface area contributed by atoms with Gasteiger partial charge in [0.15, 0.2) is 11.6 Å². The number of ether oxygens (including phenoxy) is 1. The molecular formula is C24H23F2N7O3. The highest BCUT2D eigenvalue weighted by molar-refractivity contribution is 5.94. The SMILES string of the molecule is Cc1c(-c2cc(OC3CN(C(=O)N4N=CCC4c4cccc(F)c4)C3)c(F)cn2)nn(C)c1C(N)=O.